The largest absolute Gasteiger partial charge is 0.324 e. The molecule has 1 fully saturated rings. The van der Waals surface area contributed by atoms with E-state index in [0.717, 1.165) is 22.3 Å². The molecule has 2 rings (SSSR count). The van der Waals surface area contributed by atoms with Gasteiger partial charge in [-0.3, -0.25) is 4.79 Å². The normalized spacial score (nSPS) is 16.8. The lowest BCUT2D eigenvalue weighted by Gasteiger charge is -2.19. The summed E-state index contributed by atoms with van der Waals surface area (Å²) in [6.45, 7) is 2.13. The maximum Gasteiger partial charge on any atom is 0.247 e. The smallest absolute Gasteiger partial charge is 0.247 e. The molecule has 1 aromatic carbocycles. The molecule has 1 amide bonds. The van der Waals surface area contributed by atoms with Gasteiger partial charge in [0.05, 0.1) is 0 Å². The van der Waals surface area contributed by atoms with Crippen molar-refractivity contribution in [2.75, 3.05) is 15.5 Å². The molecule has 92 valence electrons. The lowest BCUT2D eigenvalue weighted by Crippen LogP contribution is -2.24. The Morgan fingerprint density at radius 2 is 1.94 bits per heavy atom. The van der Waals surface area contributed by atoms with Crippen molar-refractivity contribution in [3.8, 4) is 0 Å². The van der Waals surface area contributed by atoms with Crippen LogP contribution in [-0.2, 0) is 11.2 Å². The molecule has 1 aliphatic heterocycles. The first kappa shape index (κ1) is 13.2. The molecule has 0 unspecified atom stereocenters. The third-order valence-electron chi connectivity index (χ3n) is 2.45. The van der Waals surface area contributed by atoms with E-state index in [2.05, 4.69) is 24.4 Å². The third-order valence-corrected chi connectivity index (χ3v) is 6.72. The van der Waals surface area contributed by atoms with Gasteiger partial charge in [0.25, 0.3) is 0 Å². The topological polar surface area (TPSA) is 29.1 Å². The number of aryl methyl sites for hydroxylation is 1. The molecule has 0 aromatic heterocycles. The van der Waals surface area contributed by atoms with Crippen molar-refractivity contribution >= 4 is 46.9 Å². The van der Waals surface area contributed by atoms with Gasteiger partial charge >= 0.3 is 0 Å². The van der Waals surface area contributed by atoms with Gasteiger partial charge in [-0.2, -0.15) is 0 Å². The molecule has 0 radical (unpaired) electrons. The molecular formula is C12H15NOS3. The number of nitrogens with one attached hydrogen (secondary N) is 1. The predicted molar refractivity (Wildman–Crippen MR) is 80.7 cm³/mol. The number of amides is 1. The minimum atomic E-state index is 0.0436. The number of carbonyl (C=O) groups excluding carboxylic acids is 1. The van der Waals surface area contributed by atoms with Crippen molar-refractivity contribution < 1.29 is 4.79 Å². The highest BCUT2D eigenvalue weighted by atomic mass is 32.3. The van der Waals surface area contributed by atoms with E-state index >= 15 is 0 Å². The van der Waals surface area contributed by atoms with Gasteiger partial charge in [-0.25, -0.2) is 0 Å². The fourth-order valence-corrected chi connectivity index (χ4v) is 5.93. The van der Waals surface area contributed by atoms with Gasteiger partial charge < -0.3 is 5.32 Å². The summed E-state index contributed by atoms with van der Waals surface area (Å²) in [4.78, 5) is 12.0. The molecule has 0 bridgehead atoms. The molecule has 5 heteroatoms. The first-order valence-corrected chi connectivity index (χ1v) is 8.75. The van der Waals surface area contributed by atoms with E-state index in [9.17, 15) is 4.79 Å². The summed E-state index contributed by atoms with van der Waals surface area (Å²) in [5.41, 5.74) is 2.19. The number of benzene rings is 1. The van der Waals surface area contributed by atoms with Crippen molar-refractivity contribution in [2.45, 2.75) is 17.9 Å². The number of hydrogen-bond donors (Lipinski definition) is 1. The van der Waals surface area contributed by atoms with Crippen LogP contribution in [0.15, 0.2) is 24.3 Å². The van der Waals surface area contributed by atoms with Gasteiger partial charge in [0, 0.05) is 15.9 Å². The van der Waals surface area contributed by atoms with E-state index in [1.807, 2.05) is 23.9 Å². The summed E-state index contributed by atoms with van der Waals surface area (Å²) in [6, 6.07) is 8.08. The van der Waals surface area contributed by atoms with Crippen LogP contribution >= 0.6 is 35.3 Å². The van der Waals surface area contributed by atoms with Gasteiger partial charge in [0.1, 0.15) is 4.58 Å². The van der Waals surface area contributed by atoms with E-state index in [-0.39, 0.29) is 10.5 Å². The molecular weight excluding hydrogens is 270 g/mol. The summed E-state index contributed by atoms with van der Waals surface area (Å²) >= 11 is 5.30. The number of thioether (sulfide) groups is 3. The highest BCUT2D eigenvalue weighted by Gasteiger charge is 2.22. The van der Waals surface area contributed by atoms with E-state index in [4.69, 9.17) is 0 Å². The summed E-state index contributed by atoms with van der Waals surface area (Å²) in [5.74, 6) is 0.115. The van der Waals surface area contributed by atoms with Gasteiger partial charge in [-0.1, -0.05) is 19.1 Å². The Hall–Kier alpha value is -0.260. The maximum absolute atomic E-state index is 12.0. The highest BCUT2D eigenvalue weighted by molar-refractivity contribution is 8.33. The lowest BCUT2D eigenvalue weighted by atomic mass is 10.1. The molecule has 1 N–H and O–H groups in total. The molecule has 17 heavy (non-hydrogen) atoms. The second-order valence-electron chi connectivity index (χ2n) is 3.64. The first-order valence-electron chi connectivity index (χ1n) is 5.50. The summed E-state index contributed by atoms with van der Waals surface area (Å²) in [7, 11) is 0. The summed E-state index contributed by atoms with van der Waals surface area (Å²) < 4.78 is 0.0436. The number of hydrogen-bond acceptors (Lipinski definition) is 4. The molecule has 0 aliphatic carbocycles. The average molecular weight is 285 g/mol. The Morgan fingerprint density at radius 3 is 2.53 bits per heavy atom. The van der Waals surface area contributed by atoms with E-state index in [0.29, 0.717) is 0 Å². The van der Waals surface area contributed by atoms with Crippen LogP contribution in [0.2, 0.25) is 0 Å². The molecule has 1 aliphatic rings. The van der Waals surface area contributed by atoms with Crippen LogP contribution in [0.5, 0.6) is 0 Å². The van der Waals surface area contributed by atoms with Gasteiger partial charge in [-0.15, -0.1) is 35.3 Å². The maximum atomic E-state index is 12.0. The second-order valence-corrected chi connectivity index (χ2v) is 7.85. The van der Waals surface area contributed by atoms with Crippen LogP contribution in [0.25, 0.3) is 0 Å². The van der Waals surface area contributed by atoms with Crippen LogP contribution < -0.4 is 5.32 Å². The molecule has 2 nitrogen and oxygen atoms in total. The Bertz CT molecular complexity index is 374. The highest BCUT2D eigenvalue weighted by Crippen LogP contribution is 2.36. The predicted octanol–water partition coefficient (Wildman–Crippen LogP) is 3.64. The van der Waals surface area contributed by atoms with E-state index in [1.54, 1.807) is 23.5 Å². The standard InChI is InChI=1S/C12H15NOS3/c1-2-9-3-5-10(6-4-9)13-11(14)12-16-7-15-8-17-12/h3-6,12H,2,7-8H2,1H3,(H,13,14). The fourth-order valence-electron chi connectivity index (χ4n) is 1.48. The number of anilines is 1. The Morgan fingerprint density at radius 1 is 1.29 bits per heavy atom. The van der Waals surface area contributed by atoms with Gasteiger partial charge in [0.15, 0.2) is 0 Å². The van der Waals surface area contributed by atoms with Crippen molar-refractivity contribution in [3.05, 3.63) is 29.8 Å². The van der Waals surface area contributed by atoms with Gasteiger partial charge in [-0.05, 0) is 24.1 Å². The second kappa shape index (κ2) is 6.61. The van der Waals surface area contributed by atoms with Crippen molar-refractivity contribution in [1.29, 1.82) is 0 Å². The molecule has 1 aromatic rings. The Balaban J connectivity index is 1.92. The summed E-state index contributed by atoms with van der Waals surface area (Å²) in [6.07, 6.45) is 1.03. The SMILES string of the molecule is CCc1ccc(NC(=O)C2SCSCS2)cc1. The molecule has 0 saturated carbocycles. The minimum Gasteiger partial charge on any atom is -0.324 e. The quantitative estimate of drug-likeness (QED) is 0.918. The third kappa shape index (κ3) is 3.86. The van der Waals surface area contributed by atoms with Crippen LogP contribution in [-0.4, -0.2) is 20.7 Å². The Labute approximate surface area is 115 Å². The van der Waals surface area contributed by atoms with E-state index < -0.39 is 0 Å². The van der Waals surface area contributed by atoms with Crippen LogP contribution in [0, 0.1) is 0 Å². The van der Waals surface area contributed by atoms with Crippen LogP contribution in [0.3, 0.4) is 0 Å². The fraction of sp³-hybridized carbons (Fsp3) is 0.417. The van der Waals surface area contributed by atoms with E-state index in [1.165, 1.54) is 5.56 Å². The van der Waals surface area contributed by atoms with Crippen molar-refractivity contribution in [2.24, 2.45) is 0 Å². The zero-order valence-corrected chi connectivity index (χ0v) is 12.1. The zero-order chi connectivity index (χ0) is 12.1. The molecule has 1 heterocycles. The van der Waals surface area contributed by atoms with Crippen LogP contribution in [0.4, 0.5) is 5.69 Å². The zero-order valence-electron chi connectivity index (χ0n) is 9.64. The first-order chi connectivity index (χ1) is 8.29. The van der Waals surface area contributed by atoms with Crippen molar-refractivity contribution in [1.82, 2.24) is 0 Å². The average Bonchev–Trinajstić information content (AvgIpc) is 2.40. The Kier molecular flexibility index (Phi) is 5.13. The minimum absolute atomic E-state index is 0.0436. The van der Waals surface area contributed by atoms with Crippen LogP contribution in [0.1, 0.15) is 12.5 Å². The monoisotopic (exact) mass is 285 g/mol. The number of carbonyl (C=O) groups is 1. The number of rotatable bonds is 3. The molecule has 1 saturated heterocycles. The lowest BCUT2D eigenvalue weighted by molar-refractivity contribution is -0.114. The molecule has 0 spiro atoms. The van der Waals surface area contributed by atoms with Crippen molar-refractivity contribution in [3.63, 3.8) is 0 Å². The van der Waals surface area contributed by atoms with Gasteiger partial charge in [0.2, 0.25) is 5.91 Å². The summed E-state index contributed by atoms with van der Waals surface area (Å²) in [5, 5.41) is 5.00. The molecule has 0 atom stereocenters.